The van der Waals surface area contributed by atoms with Crippen LogP contribution in [0.15, 0.2) is 40.6 Å². The first-order chi connectivity index (χ1) is 12.3. The number of rotatable bonds is 11. The zero-order valence-electron chi connectivity index (χ0n) is 15.8. The number of unbranched alkanes of at least 4 members (excludes halogenated alkanes) is 7. The third-order valence-corrected chi connectivity index (χ3v) is 4.41. The molecular weight excluding hydrogens is 470 g/mol. The third kappa shape index (κ3) is 10.3. The van der Waals surface area contributed by atoms with Gasteiger partial charge in [-0.3, -0.25) is 10.4 Å². The number of hydrazone groups is 1. The number of nitrogens with one attached hydrogen (secondary N) is 1. The van der Waals surface area contributed by atoms with Gasteiger partial charge in [-0.15, -0.1) is 17.9 Å². The van der Waals surface area contributed by atoms with Crippen LogP contribution < -0.4 is 10.4 Å². The maximum Gasteiger partial charge on any atom is 2.00 e. The van der Waals surface area contributed by atoms with Gasteiger partial charge < -0.3 is 17.6 Å². The molecule has 0 amide bonds. The van der Waals surface area contributed by atoms with Crippen LogP contribution in [-0.2, 0) is 33.1 Å². The summed E-state index contributed by atoms with van der Waals surface area (Å²) in [4.78, 5) is 8.69. The summed E-state index contributed by atoms with van der Waals surface area (Å²) in [6, 6.07) is 8.00. The summed E-state index contributed by atoms with van der Waals surface area (Å²) in [6.45, 7) is 3.03. The summed E-state index contributed by atoms with van der Waals surface area (Å²) in [6.07, 6.45) is 13.9. The van der Waals surface area contributed by atoms with Crippen LogP contribution in [0.25, 0.3) is 10.9 Å². The van der Waals surface area contributed by atoms with Crippen LogP contribution in [0.3, 0.4) is 0 Å². The van der Waals surface area contributed by atoms with Crippen molar-refractivity contribution in [1.82, 2.24) is 10.4 Å². The van der Waals surface area contributed by atoms with Crippen LogP contribution >= 0.6 is 12.4 Å². The minimum absolute atomic E-state index is 0. The minimum atomic E-state index is 0. The van der Waals surface area contributed by atoms with E-state index < -0.39 is 0 Å². The summed E-state index contributed by atoms with van der Waals surface area (Å²) in [5.41, 5.74) is 4.78. The van der Waals surface area contributed by atoms with Crippen molar-refractivity contribution in [3.8, 4) is 0 Å². The molecule has 0 bridgehead atoms. The van der Waals surface area contributed by atoms with E-state index in [0.717, 1.165) is 29.4 Å². The van der Waals surface area contributed by atoms with E-state index in [0.29, 0.717) is 5.17 Å². The summed E-state index contributed by atoms with van der Waals surface area (Å²) < 4.78 is 0. The first-order valence-corrected chi connectivity index (χ1v) is 9.73. The minimum Gasteiger partial charge on any atom is -0.741 e. The Morgan fingerprint density at radius 3 is 2.48 bits per heavy atom. The van der Waals surface area contributed by atoms with Gasteiger partial charge in [-0.25, -0.2) is 0 Å². The van der Waals surface area contributed by atoms with Gasteiger partial charge in [0.25, 0.3) is 0 Å². The Morgan fingerprint density at radius 1 is 1.07 bits per heavy atom. The molecule has 0 atom stereocenters. The summed E-state index contributed by atoms with van der Waals surface area (Å²) >= 11 is 5.19. The van der Waals surface area contributed by atoms with Gasteiger partial charge in [0.2, 0.25) is 0 Å². The molecule has 2 aromatic rings. The first kappa shape index (κ1) is 26.1. The molecule has 152 valence electrons. The predicted molar refractivity (Wildman–Crippen MR) is 118 cm³/mol. The number of amidine groups is 1. The number of nitrogens with zero attached hydrogens (tertiary/aromatic N) is 3. The van der Waals surface area contributed by atoms with Gasteiger partial charge in [-0.05, 0) is 22.5 Å². The number of halogens is 1. The van der Waals surface area contributed by atoms with Gasteiger partial charge in [0.1, 0.15) is 0 Å². The van der Waals surface area contributed by atoms with Gasteiger partial charge >= 0.3 is 20.4 Å². The van der Waals surface area contributed by atoms with Crippen molar-refractivity contribution in [3.05, 3.63) is 36.0 Å². The molecule has 0 aliphatic rings. The molecule has 0 fully saturated rings. The van der Waals surface area contributed by atoms with Crippen molar-refractivity contribution in [3.63, 3.8) is 0 Å². The zero-order chi connectivity index (χ0) is 17.7. The second kappa shape index (κ2) is 16.1. The number of hydrogen-bond acceptors (Lipinski definition) is 3. The Kier molecular flexibility index (Phi) is 15.5. The molecular formula is C20H29ClN4PdS. The number of aliphatic imine (C=N–C) groups is 1. The van der Waals surface area contributed by atoms with Crippen LogP contribution in [0, 0.1) is 0 Å². The Bertz CT molecular complexity index is 687. The molecule has 0 aliphatic carbocycles. The monoisotopic (exact) mass is 498 g/mol. The largest absolute Gasteiger partial charge is 2.00 e. The molecule has 1 heterocycles. The summed E-state index contributed by atoms with van der Waals surface area (Å²) in [5, 5.41) is 5.71. The fourth-order valence-electron chi connectivity index (χ4n) is 2.76. The van der Waals surface area contributed by atoms with Crippen molar-refractivity contribution in [2.24, 2.45) is 10.1 Å². The number of benzene rings is 1. The fraction of sp³-hybridized carbons (Fsp3) is 0.500. The normalized spacial score (nSPS) is 11.4. The SMILES string of the molecule is CCCCCCCCCCN=C([S-])N/N=C/c1c[n-]c2ccccc12.Cl.[Pd+2]. The van der Waals surface area contributed by atoms with Crippen LogP contribution in [0.5, 0.6) is 0 Å². The maximum atomic E-state index is 5.19. The summed E-state index contributed by atoms with van der Waals surface area (Å²) in [5.74, 6) is 0. The van der Waals surface area contributed by atoms with Crippen molar-refractivity contribution < 1.29 is 20.4 Å². The Morgan fingerprint density at radius 2 is 1.74 bits per heavy atom. The molecule has 1 aromatic carbocycles. The topological polar surface area (TPSA) is 50.9 Å². The molecule has 1 N–H and O–H groups in total. The van der Waals surface area contributed by atoms with Gasteiger partial charge in [0.05, 0.1) is 6.21 Å². The van der Waals surface area contributed by atoms with Gasteiger partial charge in [0.15, 0.2) is 0 Å². The van der Waals surface area contributed by atoms with Crippen LogP contribution in [0.1, 0.15) is 63.9 Å². The van der Waals surface area contributed by atoms with Gasteiger partial charge in [-0.1, -0.05) is 76.1 Å². The molecule has 4 nitrogen and oxygen atoms in total. The predicted octanol–water partition coefficient (Wildman–Crippen LogP) is 5.18. The molecule has 0 saturated heterocycles. The Hall–Kier alpha value is -0.928. The van der Waals surface area contributed by atoms with E-state index in [9.17, 15) is 0 Å². The molecule has 0 radical (unpaired) electrons. The number of hydrogen-bond donors (Lipinski definition) is 1. The molecule has 0 aliphatic heterocycles. The van der Waals surface area contributed by atoms with E-state index >= 15 is 0 Å². The second-order valence-corrected chi connectivity index (χ2v) is 6.65. The fourth-order valence-corrected chi connectivity index (χ4v) is 2.90. The summed E-state index contributed by atoms with van der Waals surface area (Å²) in [7, 11) is 0. The Balaban J connectivity index is 0.00000338. The molecule has 0 saturated carbocycles. The number of fused-ring (bicyclic) bond motifs is 1. The quantitative estimate of drug-likeness (QED) is 0.116. The van der Waals surface area contributed by atoms with Crippen LogP contribution in [0.2, 0.25) is 0 Å². The van der Waals surface area contributed by atoms with Crippen molar-refractivity contribution in [2.45, 2.75) is 58.3 Å². The number of aromatic nitrogens is 1. The first-order valence-electron chi connectivity index (χ1n) is 9.32. The standard InChI is InChI=1S/C20H29N4S.ClH.Pd/c1-2-3-4-5-6-7-8-11-14-21-20(25)24-23-16-17-15-22-19-13-10-9-12-18(17)19;;/h9-10,12-13,15-16H,2-8,11,14H2,1H3,(H2-,21,22,23,24,25);1H;/q-1;;+2/p-1. The zero-order valence-corrected chi connectivity index (χ0v) is 19.0. The van der Waals surface area contributed by atoms with Gasteiger partial charge in [-0.2, -0.15) is 11.3 Å². The van der Waals surface area contributed by atoms with E-state index in [1.165, 1.54) is 44.9 Å². The average molecular weight is 499 g/mol. The van der Waals surface area contributed by atoms with E-state index in [1.54, 1.807) is 6.21 Å². The van der Waals surface area contributed by atoms with Crippen LogP contribution in [-0.4, -0.2) is 17.9 Å². The van der Waals surface area contributed by atoms with E-state index in [4.69, 9.17) is 12.6 Å². The molecule has 27 heavy (non-hydrogen) atoms. The van der Waals surface area contributed by atoms with Gasteiger partial charge in [0, 0.05) is 6.54 Å². The average Bonchev–Trinajstić information content (AvgIpc) is 3.04. The molecule has 2 rings (SSSR count). The molecule has 0 spiro atoms. The van der Waals surface area contributed by atoms with Crippen LogP contribution in [0.4, 0.5) is 0 Å². The second-order valence-electron chi connectivity index (χ2n) is 6.26. The molecule has 7 heteroatoms. The number of para-hydroxylation sites is 1. The Labute approximate surface area is 188 Å². The van der Waals surface area contributed by atoms with E-state index in [1.807, 2.05) is 30.5 Å². The van der Waals surface area contributed by atoms with Crippen molar-refractivity contribution in [2.75, 3.05) is 6.54 Å². The van der Waals surface area contributed by atoms with Crippen molar-refractivity contribution in [1.29, 1.82) is 0 Å². The molecule has 0 unspecified atom stereocenters. The maximum absolute atomic E-state index is 5.19. The van der Waals surface area contributed by atoms with E-state index in [2.05, 4.69) is 27.4 Å². The smallest absolute Gasteiger partial charge is 0.741 e. The molecule has 1 aromatic heterocycles. The van der Waals surface area contributed by atoms with Crippen molar-refractivity contribution >= 4 is 47.3 Å². The van der Waals surface area contributed by atoms with E-state index in [-0.39, 0.29) is 32.8 Å². The third-order valence-electron chi connectivity index (χ3n) is 4.19.